The first-order chi connectivity index (χ1) is 11.9. The van der Waals surface area contributed by atoms with Gasteiger partial charge in [-0.3, -0.25) is 4.79 Å². The van der Waals surface area contributed by atoms with Gasteiger partial charge in [0.05, 0.1) is 23.5 Å². The number of nitrogens with one attached hydrogen (secondary N) is 1. The Hall–Kier alpha value is -2.34. The highest BCUT2D eigenvalue weighted by Crippen LogP contribution is 2.24. The molecule has 0 bridgehead atoms. The molecule has 1 aliphatic heterocycles. The Morgan fingerprint density at radius 2 is 1.72 bits per heavy atom. The third-order valence-electron chi connectivity index (χ3n) is 4.32. The summed E-state index contributed by atoms with van der Waals surface area (Å²) >= 11 is 0. The smallest absolute Gasteiger partial charge is 0.224 e. The van der Waals surface area contributed by atoms with Crippen molar-refractivity contribution >= 4 is 15.7 Å². The second-order valence-corrected chi connectivity index (χ2v) is 8.54. The number of ether oxygens (including phenoxy) is 1. The van der Waals surface area contributed by atoms with Gasteiger partial charge in [-0.05, 0) is 43.2 Å². The van der Waals surface area contributed by atoms with Crippen molar-refractivity contribution in [3.8, 4) is 11.5 Å². The molecule has 1 aliphatic rings. The van der Waals surface area contributed by atoms with Crippen LogP contribution in [-0.4, -0.2) is 25.8 Å². The van der Waals surface area contributed by atoms with Crippen LogP contribution in [0.4, 0.5) is 0 Å². The van der Waals surface area contributed by atoms with E-state index in [2.05, 4.69) is 5.32 Å². The Morgan fingerprint density at radius 3 is 2.32 bits per heavy atom. The zero-order valence-electron chi connectivity index (χ0n) is 14.0. The van der Waals surface area contributed by atoms with Crippen molar-refractivity contribution in [1.29, 1.82) is 0 Å². The lowest BCUT2D eigenvalue weighted by Gasteiger charge is -2.17. The minimum Gasteiger partial charge on any atom is -0.457 e. The van der Waals surface area contributed by atoms with Crippen molar-refractivity contribution in [2.24, 2.45) is 5.92 Å². The van der Waals surface area contributed by atoms with Crippen LogP contribution < -0.4 is 10.1 Å². The zero-order valence-corrected chi connectivity index (χ0v) is 14.8. The molecule has 1 fully saturated rings. The highest BCUT2D eigenvalue weighted by molar-refractivity contribution is 7.91. The first kappa shape index (κ1) is 17.5. The molecule has 2 atom stereocenters. The largest absolute Gasteiger partial charge is 0.457 e. The molecule has 0 aromatic heterocycles. The van der Waals surface area contributed by atoms with E-state index in [1.54, 1.807) is 0 Å². The molecule has 1 saturated heterocycles. The summed E-state index contributed by atoms with van der Waals surface area (Å²) in [7, 11) is -3.05. The van der Waals surface area contributed by atoms with Gasteiger partial charge in [-0.25, -0.2) is 8.42 Å². The Kier molecular flexibility index (Phi) is 5.08. The second kappa shape index (κ2) is 7.27. The molecule has 2 unspecified atom stereocenters. The normalized spacial score (nSPS) is 20.0. The number of sulfone groups is 1. The van der Waals surface area contributed by atoms with Gasteiger partial charge in [0.1, 0.15) is 11.5 Å². The van der Waals surface area contributed by atoms with Gasteiger partial charge in [0, 0.05) is 0 Å². The fourth-order valence-electron chi connectivity index (χ4n) is 2.87. The van der Waals surface area contributed by atoms with E-state index in [0.29, 0.717) is 6.42 Å². The monoisotopic (exact) mass is 359 g/mol. The maximum atomic E-state index is 12.2. The first-order valence-corrected chi connectivity index (χ1v) is 10.1. The maximum absolute atomic E-state index is 12.2. The lowest BCUT2D eigenvalue weighted by molar-refractivity contribution is -0.124. The van der Waals surface area contributed by atoms with Crippen molar-refractivity contribution in [1.82, 2.24) is 5.32 Å². The van der Waals surface area contributed by atoms with E-state index < -0.39 is 15.8 Å². The van der Waals surface area contributed by atoms with Gasteiger partial charge in [0.15, 0.2) is 9.84 Å². The molecule has 2 aromatic rings. The fraction of sp³-hybridized carbons (Fsp3) is 0.316. The number of hydrogen-bond acceptors (Lipinski definition) is 4. The van der Waals surface area contributed by atoms with E-state index in [-0.39, 0.29) is 23.5 Å². The minimum atomic E-state index is -3.05. The lowest BCUT2D eigenvalue weighted by Crippen LogP contribution is -2.33. The Bertz CT molecular complexity index is 831. The number of benzene rings is 2. The average molecular weight is 359 g/mol. The third-order valence-corrected chi connectivity index (χ3v) is 6.09. The van der Waals surface area contributed by atoms with Crippen molar-refractivity contribution in [2.75, 3.05) is 11.5 Å². The van der Waals surface area contributed by atoms with Gasteiger partial charge < -0.3 is 10.1 Å². The van der Waals surface area contributed by atoms with Gasteiger partial charge in [0.25, 0.3) is 0 Å². The van der Waals surface area contributed by atoms with Crippen LogP contribution in [0.3, 0.4) is 0 Å². The molecule has 5 nitrogen and oxygen atoms in total. The first-order valence-electron chi connectivity index (χ1n) is 8.26. The van der Waals surface area contributed by atoms with E-state index in [0.717, 1.165) is 17.1 Å². The van der Waals surface area contributed by atoms with Gasteiger partial charge >= 0.3 is 0 Å². The predicted molar refractivity (Wildman–Crippen MR) is 96.3 cm³/mol. The van der Waals surface area contributed by atoms with E-state index in [4.69, 9.17) is 4.74 Å². The van der Waals surface area contributed by atoms with Crippen LogP contribution in [0.2, 0.25) is 0 Å². The molecule has 0 radical (unpaired) electrons. The highest BCUT2D eigenvalue weighted by Gasteiger charge is 2.33. The van der Waals surface area contributed by atoms with Gasteiger partial charge in [0.2, 0.25) is 5.91 Å². The molecule has 1 heterocycles. The highest BCUT2D eigenvalue weighted by atomic mass is 32.2. The van der Waals surface area contributed by atoms with Crippen LogP contribution in [0, 0.1) is 5.92 Å². The topological polar surface area (TPSA) is 72.5 Å². The summed E-state index contributed by atoms with van der Waals surface area (Å²) in [5, 5.41) is 2.90. The minimum absolute atomic E-state index is 0.0462. The average Bonchev–Trinajstić information content (AvgIpc) is 2.96. The van der Waals surface area contributed by atoms with Crippen LogP contribution in [0.5, 0.6) is 11.5 Å². The SMILES string of the molecule is CC(NC(=O)C1CCS(=O)(=O)C1)c1ccc(Oc2ccccc2)cc1. The molecule has 1 amide bonds. The van der Waals surface area contributed by atoms with Crippen molar-refractivity contribution < 1.29 is 17.9 Å². The molecular formula is C19H21NO4S. The van der Waals surface area contributed by atoms with Crippen LogP contribution in [0.15, 0.2) is 54.6 Å². The number of carbonyl (C=O) groups is 1. The number of para-hydroxylation sites is 1. The summed E-state index contributed by atoms with van der Waals surface area (Å²) in [4.78, 5) is 12.2. The van der Waals surface area contributed by atoms with Crippen LogP contribution in [0.1, 0.15) is 24.9 Å². The van der Waals surface area contributed by atoms with E-state index in [1.165, 1.54) is 0 Å². The Morgan fingerprint density at radius 1 is 1.08 bits per heavy atom. The summed E-state index contributed by atoms with van der Waals surface area (Å²) in [5.41, 5.74) is 0.939. The molecular weight excluding hydrogens is 338 g/mol. The number of amides is 1. The van der Waals surface area contributed by atoms with Crippen LogP contribution in [-0.2, 0) is 14.6 Å². The zero-order chi connectivity index (χ0) is 17.9. The molecule has 25 heavy (non-hydrogen) atoms. The molecule has 3 rings (SSSR count). The molecule has 1 N–H and O–H groups in total. The third kappa shape index (κ3) is 4.60. The Labute approximate surface area is 147 Å². The summed E-state index contributed by atoms with van der Waals surface area (Å²) < 4.78 is 28.7. The maximum Gasteiger partial charge on any atom is 0.224 e. The molecule has 0 spiro atoms. The van der Waals surface area contributed by atoms with Crippen LogP contribution >= 0.6 is 0 Å². The van der Waals surface area contributed by atoms with Crippen molar-refractivity contribution in [3.63, 3.8) is 0 Å². The summed E-state index contributed by atoms with van der Waals surface area (Å²) in [6.07, 6.45) is 0.407. The summed E-state index contributed by atoms with van der Waals surface area (Å²) in [6.45, 7) is 1.88. The fourth-order valence-corrected chi connectivity index (χ4v) is 4.61. The van der Waals surface area contributed by atoms with E-state index >= 15 is 0 Å². The standard InChI is InChI=1S/C19H21NO4S/c1-14(20-19(21)16-11-12-25(22,23)13-16)15-7-9-18(10-8-15)24-17-5-3-2-4-6-17/h2-10,14,16H,11-13H2,1H3,(H,20,21). The molecule has 0 aliphatic carbocycles. The number of hydrogen-bond donors (Lipinski definition) is 1. The molecule has 6 heteroatoms. The number of carbonyl (C=O) groups excluding carboxylic acids is 1. The summed E-state index contributed by atoms with van der Waals surface area (Å²) in [5.74, 6) is 0.904. The van der Waals surface area contributed by atoms with E-state index in [1.807, 2.05) is 61.5 Å². The van der Waals surface area contributed by atoms with Crippen molar-refractivity contribution in [2.45, 2.75) is 19.4 Å². The van der Waals surface area contributed by atoms with E-state index in [9.17, 15) is 13.2 Å². The lowest BCUT2D eigenvalue weighted by atomic mass is 10.1. The van der Waals surface area contributed by atoms with Gasteiger partial charge in [-0.2, -0.15) is 0 Å². The van der Waals surface area contributed by atoms with Gasteiger partial charge in [-0.15, -0.1) is 0 Å². The molecule has 132 valence electrons. The second-order valence-electron chi connectivity index (χ2n) is 6.31. The molecule has 0 saturated carbocycles. The number of rotatable bonds is 5. The molecule has 2 aromatic carbocycles. The van der Waals surface area contributed by atoms with Crippen LogP contribution in [0.25, 0.3) is 0 Å². The van der Waals surface area contributed by atoms with Gasteiger partial charge in [-0.1, -0.05) is 30.3 Å². The predicted octanol–water partition coefficient (Wildman–Crippen LogP) is 3.09. The Balaban J connectivity index is 1.59. The summed E-state index contributed by atoms with van der Waals surface area (Å²) in [6, 6.07) is 16.8. The van der Waals surface area contributed by atoms with Crippen molar-refractivity contribution in [3.05, 3.63) is 60.2 Å². The quantitative estimate of drug-likeness (QED) is 0.890.